The predicted octanol–water partition coefficient (Wildman–Crippen LogP) is 4.34. The van der Waals surface area contributed by atoms with Crippen LogP contribution in [0.4, 0.5) is 26.3 Å². The van der Waals surface area contributed by atoms with E-state index in [9.17, 15) is 31.1 Å². The van der Waals surface area contributed by atoms with Gasteiger partial charge in [-0.15, -0.1) is 0 Å². The van der Waals surface area contributed by atoms with Gasteiger partial charge in [0, 0.05) is 30.9 Å². The number of halogens is 6. The molecular weight excluding hydrogens is 388 g/mol. The number of fused-ring (bicyclic) bond motifs is 1. The van der Waals surface area contributed by atoms with Crippen molar-refractivity contribution in [2.45, 2.75) is 18.8 Å². The molecule has 0 unspecified atom stereocenters. The standard InChI is InChI=1S/C18H13F6N3O/c19-17(20,21)12-7-11(8-13(9-12)18(22,23)24)16(28)25-5-4-14-10-27-6-2-1-3-15(27)26-14/h1-3,6-10H,4-5H2,(H,25,28). The minimum Gasteiger partial charge on any atom is -0.352 e. The van der Waals surface area contributed by atoms with Crippen LogP contribution in [-0.4, -0.2) is 21.8 Å². The molecule has 0 fully saturated rings. The van der Waals surface area contributed by atoms with Gasteiger partial charge in [-0.05, 0) is 30.3 Å². The lowest BCUT2D eigenvalue weighted by Gasteiger charge is -2.14. The van der Waals surface area contributed by atoms with Gasteiger partial charge in [0.2, 0.25) is 0 Å². The van der Waals surface area contributed by atoms with Crippen molar-refractivity contribution >= 4 is 11.6 Å². The number of aromatic nitrogens is 2. The summed E-state index contributed by atoms with van der Waals surface area (Å²) in [4.78, 5) is 16.4. The molecule has 148 valence electrons. The zero-order valence-corrected chi connectivity index (χ0v) is 14.1. The second-order valence-corrected chi connectivity index (χ2v) is 6.00. The largest absolute Gasteiger partial charge is 0.416 e. The van der Waals surface area contributed by atoms with E-state index >= 15 is 0 Å². The number of hydrogen-bond donors (Lipinski definition) is 1. The SMILES string of the molecule is O=C(NCCc1cn2ccccc2n1)c1cc(C(F)(F)F)cc(C(F)(F)F)c1. The molecule has 3 rings (SSSR count). The highest BCUT2D eigenvalue weighted by atomic mass is 19.4. The van der Waals surface area contributed by atoms with Crippen LogP contribution < -0.4 is 5.32 Å². The molecule has 4 nitrogen and oxygen atoms in total. The fraction of sp³-hybridized carbons (Fsp3) is 0.222. The maximum Gasteiger partial charge on any atom is 0.416 e. The van der Waals surface area contributed by atoms with Crippen molar-refractivity contribution in [1.29, 1.82) is 0 Å². The van der Waals surface area contributed by atoms with Crippen LogP contribution in [-0.2, 0) is 18.8 Å². The summed E-state index contributed by atoms with van der Waals surface area (Å²) in [5, 5.41) is 2.33. The van der Waals surface area contributed by atoms with E-state index in [2.05, 4.69) is 10.3 Å². The highest BCUT2D eigenvalue weighted by Gasteiger charge is 2.37. The van der Waals surface area contributed by atoms with Gasteiger partial charge in [0.15, 0.2) is 0 Å². The predicted molar refractivity (Wildman–Crippen MR) is 87.7 cm³/mol. The zero-order chi connectivity index (χ0) is 20.5. The molecule has 2 aromatic heterocycles. The van der Waals surface area contributed by atoms with E-state index in [4.69, 9.17) is 0 Å². The van der Waals surface area contributed by atoms with E-state index in [-0.39, 0.29) is 19.0 Å². The van der Waals surface area contributed by atoms with Gasteiger partial charge in [0.1, 0.15) is 5.65 Å². The smallest absolute Gasteiger partial charge is 0.352 e. The summed E-state index contributed by atoms with van der Waals surface area (Å²) >= 11 is 0. The number of pyridine rings is 1. The number of carbonyl (C=O) groups is 1. The molecule has 3 aromatic rings. The Morgan fingerprint density at radius 2 is 1.64 bits per heavy atom. The van der Waals surface area contributed by atoms with Crippen LogP contribution in [0.5, 0.6) is 0 Å². The van der Waals surface area contributed by atoms with Crippen molar-refractivity contribution < 1.29 is 31.1 Å². The van der Waals surface area contributed by atoms with Crippen LogP contribution in [0.1, 0.15) is 27.2 Å². The highest BCUT2D eigenvalue weighted by Crippen LogP contribution is 2.36. The van der Waals surface area contributed by atoms with E-state index in [1.54, 1.807) is 35.0 Å². The van der Waals surface area contributed by atoms with Crippen molar-refractivity contribution in [3.05, 3.63) is 71.2 Å². The third-order valence-electron chi connectivity index (χ3n) is 3.93. The first-order valence-corrected chi connectivity index (χ1v) is 8.04. The van der Waals surface area contributed by atoms with Gasteiger partial charge < -0.3 is 9.72 Å². The normalized spacial score (nSPS) is 12.4. The Morgan fingerprint density at radius 3 is 2.21 bits per heavy atom. The van der Waals surface area contributed by atoms with E-state index < -0.39 is 35.0 Å². The number of amides is 1. The quantitative estimate of drug-likeness (QED) is 0.661. The minimum absolute atomic E-state index is 0.000309. The summed E-state index contributed by atoms with van der Waals surface area (Å²) in [6, 6.07) is 6.13. The summed E-state index contributed by atoms with van der Waals surface area (Å²) in [7, 11) is 0. The van der Waals surface area contributed by atoms with Gasteiger partial charge >= 0.3 is 12.4 Å². The third kappa shape index (κ3) is 4.44. The average molecular weight is 401 g/mol. The van der Waals surface area contributed by atoms with E-state index in [0.29, 0.717) is 23.5 Å². The Hall–Kier alpha value is -3.04. The summed E-state index contributed by atoms with van der Waals surface area (Å²) in [5.74, 6) is -1.03. The van der Waals surface area contributed by atoms with E-state index in [1.165, 1.54) is 0 Å². The Balaban J connectivity index is 1.74. The summed E-state index contributed by atoms with van der Waals surface area (Å²) < 4.78 is 78.9. The Labute approximate surface area is 154 Å². The molecule has 0 spiro atoms. The first-order chi connectivity index (χ1) is 13.0. The summed E-state index contributed by atoms with van der Waals surface area (Å²) in [6.45, 7) is 0.000309. The van der Waals surface area contributed by atoms with Crippen molar-refractivity contribution in [2.24, 2.45) is 0 Å². The van der Waals surface area contributed by atoms with Gasteiger partial charge in [0.05, 0.1) is 16.8 Å². The van der Waals surface area contributed by atoms with Gasteiger partial charge in [0.25, 0.3) is 5.91 Å². The first-order valence-electron chi connectivity index (χ1n) is 8.04. The van der Waals surface area contributed by atoms with Crippen molar-refractivity contribution in [2.75, 3.05) is 6.54 Å². The molecule has 2 heterocycles. The second-order valence-electron chi connectivity index (χ2n) is 6.00. The Kier molecular flexibility index (Phi) is 5.05. The van der Waals surface area contributed by atoms with Gasteiger partial charge in [-0.2, -0.15) is 26.3 Å². The van der Waals surface area contributed by atoms with E-state index in [0.717, 1.165) is 0 Å². The zero-order valence-electron chi connectivity index (χ0n) is 14.1. The topological polar surface area (TPSA) is 46.4 Å². The molecule has 1 aromatic carbocycles. The van der Waals surface area contributed by atoms with Crippen molar-refractivity contribution in [1.82, 2.24) is 14.7 Å². The molecule has 0 radical (unpaired) electrons. The van der Waals surface area contributed by atoms with Crippen molar-refractivity contribution in [3.8, 4) is 0 Å². The maximum atomic E-state index is 12.9. The molecule has 0 atom stereocenters. The number of nitrogens with zero attached hydrogens (tertiary/aromatic N) is 2. The number of alkyl halides is 6. The minimum atomic E-state index is -5.01. The molecule has 0 bridgehead atoms. The summed E-state index contributed by atoms with van der Waals surface area (Å²) in [5.41, 5.74) is -2.49. The Morgan fingerprint density at radius 1 is 1.00 bits per heavy atom. The molecule has 1 N–H and O–H groups in total. The molecule has 28 heavy (non-hydrogen) atoms. The first kappa shape index (κ1) is 19.7. The van der Waals surface area contributed by atoms with Crippen LogP contribution in [0, 0.1) is 0 Å². The fourth-order valence-corrected chi connectivity index (χ4v) is 2.60. The van der Waals surface area contributed by atoms with Crippen LogP contribution in [0.15, 0.2) is 48.8 Å². The highest BCUT2D eigenvalue weighted by molar-refractivity contribution is 5.94. The number of imidazole rings is 1. The fourth-order valence-electron chi connectivity index (χ4n) is 2.60. The number of carbonyl (C=O) groups excluding carboxylic acids is 1. The molecule has 0 saturated heterocycles. The Bertz CT molecular complexity index is 941. The van der Waals surface area contributed by atoms with Gasteiger partial charge in [-0.3, -0.25) is 4.79 Å². The number of nitrogens with one attached hydrogen (secondary N) is 1. The van der Waals surface area contributed by atoms with Crippen LogP contribution in [0.3, 0.4) is 0 Å². The van der Waals surface area contributed by atoms with Crippen LogP contribution in [0.25, 0.3) is 5.65 Å². The average Bonchev–Trinajstić information content (AvgIpc) is 3.02. The lowest BCUT2D eigenvalue weighted by atomic mass is 10.0. The van der Waals surface area contributed by atoms with Crippen LogP contribution >= 0.6 is 0 Å². The third-order valence-corrected chi connectivity index (χ3v) is 3.93. The number of benzene rings is 1. The van der Waals surface area contributed by atoms with E-state index in [1.807, 2.05) is 0 Å². The van der Waals surface area contributed by atoms with Gasteiger partial charge in [-0.1, -0.05) is 6.07 Å². The second kappa shape index (κ2) is 7.17. The van der Waals surface area contributed by atoms with Crippen LogP contribution in [0.2, 0.25) is 0 Å². The molecule has 10 heteroatoms. The lowest BCUT2D eigenvalue weighted by molar-refractivity contribution is -0.143. The molecule has 0 aliphatic rings. The summed E-state index contributed by atoms with van der Waals surface area (Å²) in [6.07, 6.45) is -6.27. The van der Waals surface area contributed by atoms with Gasteiger partial charge in [-0.25, -0.2) is 4.98 Å². The number of rotatable bonds is 4. The molecule has 0 aliphatic heterocycles. The molecule has 1 amide bonds. The molecular formula is C18H13F6N3O. The van der Waals surface area contributed by atoms with Crippen molar-refractivity contribution in [3.63, 3.8) is 0 Å². The molecule has 0 aliphatic carbocycles. The lowest BCUT2D eigenvalue weighted by Crippen LogP contribution is -2.26. The number of hydrogen-bond acceptors (Lipinski definition) is 2. The monoisotopic (exact) mass is 401 g/mol. The molecule has 0 saturated carbocycles. The maximum absolute atomic E-state index is 12.9.